The molecule has 6 rings (SSSR count). The first kappa shape index (κ1) is 27.8. The summed E-state index contributed by atoms with van der Waals surface area (Å²) in [7, 11) is -3.95. The van der Waals surface area contributed by atoms with Crippen molar-refractivity contribution in [3.63, 3.8) is 0 Å². The summed E-state index contributed by atoms with van der Waals surface area (Å²) in [5, 5.41) is 9.68. The predicted molar refractivity (Wildman–Crippen MR) is 160 cm³/mol. The quantitative estimate of drug-likeness (QED) is 0.208. The predicted octanol–water partition coefficient (Wildman–Crippen LogP) is 7.20. The fraction of sp³-hybridized carbons (Fsp3) is 0.265. The first-order valence-electron chi connectivity index (χ1n) is 14.4. The van der Waals surface area contributed by atoms with E-state index in [9.17, 15) is 18.3 Å². The normalized spacial score (nSPS) is 16.8. The third-order valence-electron chi connectivity index (χ3n) is 8.05. The van der Waals surface area contributed by atoms with Gasteiger partial charge in [-0.25, -0.2) is 13.2 Å². The summed E-state index contributed by atoms with van der Waals surface area (Å²) >= 11 is 0. The number of carbonyl (C=O) groups is 1. The van der Waals surface area contributed by atoms with Crippen LogP contribution in [0.15, 0.2) is 94.7 Å². The van der Waals surface area contributed by atoms with Gasteiger partial charge in [-0.3, -0.25) is 0 Å². The highest BCUT2D eigenvalue weighted by molar-refractivity contribution is 7.91. The summed E-state index contributed by atoms with van der Waals surface area (Å²) < 4.78 is 40.0. The molecular formula is C34H33NO6S. The third kappa shape index (κ3) is 4.50. The zero-order valence-corrected chi connectivity index (χ0v) is 24.5. The molecule has 8 heteroatoms. The molecule has 1 spiro atoms. The lowest BCUT2D eigenvalue weighted by Gasteiger charge is -2.37. The minimum atomic E-state index is -3.95. The van der Waals surface area contributed by atoms with E-state index in [4.69, 9.17) is 9.47 Å². The van der Waals surface area contributed by atoms with Crippen molar-refractivity contribution in [2.75, 3.05) is 18.0 Å². The largest absolute Gasteiger partial charge is 0.508 e. The monoisotopic (exact) mass is 583 g/mol. The van der Waals surface area contributed by atoms with Gasteiger partial charge >= 0.3 is 5.97 Å². The Morgan fingerprint density at radius 1 is 0.762 bits per heavy atom. The highest BCUT2D eigenvalue weighted by Gasteiger charge is 2.53. The Morgan fingerprint density at radius 3 is 2.17 bits per heavy atom. The van der Waals surface area contributed by atoms with Crippen molar-refractivity contribution in [2.45, 2.75) is 54.9 Å². The molecule has 0 bridgehead atoms. The van der Waals surface area contributed by atoms with E-state index in [2.05, 4.69) is 18.7 Å². The van der Waals surface area contributed by atoms with Crippen LogP contribution in [-0.4, -0.2) is 32.6 Å². The first-order chi connectivity index (χ1) is 20.3. The molecule has 2 heterocycles. The van der Waals surface area contributed by atoms with Crippen molar-refractivity contribution in [1.29, 1.82) is 0 Å². The molecule has 0 aromatic heterocycles. The molecule has 0 amide bonds. The molecule has 0 saturated carbocycles. The summed E-state index contributed by atoms with van der Waals surface area (Å²) in [5.74, 6) is 0.479. The number of sulfone groups is 1. The number of hydrogen-bond acceptors (Lipinski definition) is 7. The smallest absolute Gasteiger partial charge is 0.340 e. The van der Waals surface area contributed by atoms with E-state index < -0.39 is 21.4 Å². The van der Waals surface area contributed by atoms with E-state index in [1.807, 2.05) is 30.3 Å². The maximum absolute atomic E-state index is 13.6. The second-order valence-corrected chi connectivity index (χ2v) is 12.7. The summed E-state index contributed by atoms with van der Waals surface area (Å²) in [6.07, 6.45) is 4.31. The molecular weight excluding hydrogens is 550 g/mol. The summed E-state index contributed by atoms with van der Waals surface area (Å²) in [5.41, 5.74) is 1.80. The molecule has 216 valence electrons. The third-order valence-corrected chi connectivity index (χ3v) is 9.82. The van der Waals surface area contributed by atoms with E-state index in [0.29, 0.717) is 33.8 Å². The molecule has 1 unspecified atom stereocenters. The lowest BCUT2D eigenvalue weighted by Crippen LogP contribution is -2.33. The van der Waals surface area contributed by atoms with Crippen LogP contribution in [0, 0.1) is 0 Å². The summed E-state index contributed by atoms with van der Waals surface area (Å²) in [4.78, 5) is 15.7. The van der Waals surface area contributed by atoms with E-state index in [0.717, 1.165) is 44.5 Å². The number of carbonyl (C=O) groups excluding carboxylic acids is 1. The van der Waals surface area contributed by atoms with E-state index in [-0.39, 0.29) is 15.5 Å². The molecule has 2 aliphatic heterocycles. The van der Waals surface area contributed by atoms with Gasteiger partial charge in [0.2, 0.25) is 9.84 Å². The number of unbranched alkanes of at least 4 members (excludes halogenated alkanes) is 2. The van der Waals surface area contributed by atoms with Gasteiger partial charge in [0.25, 0.3) is 0 Å². The van der Waals surface area contributed by atoms with Crippen molar-refractivity contribution in [2.24, 2.45) is 0 Å². The zero-order valence-electron chi connectivity index (χ0n) is 23.7. The second kappa shape index (κ2) is 10.8. The number of nitrogens with zero attached hydrogens (tertiary/aromatic N) is 1. The number of benzene rings is 4. The molecule has 0 aliphatic carbocycles. The summed E-state index contributed by atoms with van der Waals surface area (Å²) in [6.45, 7) is 6.20. The van der Waals surface area contributed by atoms with Crippen LogP contribution in [-0.2, 0) is 20.2 Å². The lowest BCUT2D eigenvalue weighted by molar-refractivity contribution is 0.0223. The van der Waals surface area contributed by atoms with Crippen LogP contribution >= 0.6 is 0 Å². The van der Waals surface area contributed by atoms with Crippen molar-refractivity contribution < 1.29 is 27.8 Å². The van der Waals surface area contributed by atoms with Gasteiger partial charge in [0.05, 0.1) is 15.4 Å². The Kier molecular flexibility index (Phi) is 7.19. The van der Waals surface area contributed by atoms with Crippen LogP contribution < -0.4 is 9.64 Å². The number of ether oxygens (including phenoxy) is 2. The number of fused-ring (bicyclic) bond motifs is 6. The average Bonchev–Trinajstić information content (AvgIpc) is 3.29. The Labute approximate surface area is 246 Å². The Hall–Kier alpha value is -4.30. The van der Waals surface area contributed by atoms with Crippen LogP contribution in [0.5, 0.6) is 17.2 Å². The van der Waals surface area contributed by atoms with Gasteiger partial charge in [-0.15, -0.1) is 0 Å². The maximum Gasteiger partial charge on any atom is 0.340 e. The number of anilines is 1. The van der Waals surface area contributed by atoms with E-state index >= 15 is 0 Å². The first-order valence-corrected chi connectivity index (χ1v) is 15.9. The van der Waals surface area contributed by atoms with Gasteiger partial charge in [0.15, 0.2) is 5.60 Å². The maximum atomic E-state index is 13.6. The van der Waals surface area contributed by atoms with Gasteiger partial charge in [-0.1, -0.05) is 44.9 Å². The highest BCUT2D eigenvalue weighted by atomic mass is 32.2. The van der Waals surface area contributed by atoms with Crippen LogP contribution in [0.4, 0.5) is 5.69 Å². The molecule has 42 heavy (non-hydrogen) atoms. The standard InChI is InChI=1S/C34H33NO6S/c1-3-5-19-35(20-6-4-2)23-11-17-29-32(21-23)40-31-18-16-26(42(38,39)25-14-12-24(36)13-15-25)22-30(31)34(29)28-10-8-7-9-27(28)33(37)41-34/h7-18,21-22,36H,3-6,19-20H2,1-2H3. The zero-order chi connectivity index (χ0) is 29.5. The van der Waals surface area contributed by atoms with Gasteiger partial charge in [-0.05, 0) is 73.5 Å². The number of esters is 1. The molecule has 4 aromatic carbocycles. The van der Waals surface area contributed by atoms with Crippen LogP contribution in [0.25, 0.3) is 0 Å². The number of phenolic OH excluding ortho intramolecular Hbond substituents is 1. The molecule has 1 N–H and O–H groups in total. The van der Waals surface area contributed by atoms with Crippen LogP contribution in [0.3, 0.4) is 0 Å². The SMILES string of the molecule is CCCCN(CCCC)c1ccc2c(c1)Oc1ccc(S(=O)(=O)c3ccc(O)cc3)cc1C21OC(=O)c2ccccc21. The molecule has 0 saturated heterocycles. The molecule has 4 aromatic rings. The Bertz CT molecular complexity index is 1760. The Morgan fingerprint density at radius 2 is 1.45 bits per heavy atom. The molecule has 2 aliphatic rings. The van der Waals surface area contributed by atoms with Crippen molar-refractivity contribution in [1.82, 2.24) is 0 Å². The highest BCUT2D eigenvalue weighted by Crippen LogP contribution is 2.57. The molecule has 7 nitrogen and oxygen atoms in total. The number of rotatable bonds is 9. The summed E-state index contributed by atoms with van der Waals surface area (Å²) in [6, 6.07) is 23.2. The van der Waals surface area contributed by atoms with Gasteiger partial charge < -0.3 is 19.5 Å². The Balaban J connectivity index is 1.53. The average molecular weight is 584 g/mol. The van der Waals surface area contributed by atoms with Crippen LogP contribution in [0.1, 0.15) is 66.6 Å². The number of phenols is 1. The van der Waals surface area contributed by atoms with Crippen molar-refractivity contribution >= 4 is 21.5 Å². The van der Waals surface area contributed by atoms with Gasteiger partial charge in [-0.2, -0.15) is 0 Å². The van der Waals surface area contributed by atoms with Gasteiger partial charge in [0, 0.05) is 41.5 Å². The van der Waals surface area contributed by atoms with Crippen molar-refractivity contribution in [3.8, 4) is 17.2 Å². The topological polar surface area (TPSA) is 93.1 Å². The van der Waals surface area contributed by atoms with Crippen molar-refractivity contribution in [3.05, 3.63) is 107 Å². The van der Waals surface area contributed by atoms with Gasteiger partial charge in [0.1, 0.15) is 17.2 Å². The second-order valence-electron chi connectivity index (χ2n) is 10.7. The van der Waals surface area contributed by atoms with Crippen LogP contribution in [0.2, 0.25) is 0 Å². The van der Waals surface area contributed by atoms with E-state index in [1.165, 1.54) is 30.3 Å². The fourth-order valence-corrected chi connectivity index (χ4v) is 7.12. The van der Waals surface area contributed by atoms with E-state index in [1.54, 1.807) is 24.3 Å². The lowest BCUT2D eigenvalue weighted by atomic mass is 9.77. The number of hydrogen-bond donors (Lipinski definition) is 1. The molecule has 0 fully saturated rings. The molecule has 1 atom stereocenters. The minimum absolute atomic E-state index is 0.0276. The fourth-order valence-electron chi connectivity index (χ4n) is 5.83. The minimum Gasteiger partial charge on any atom is -0.508 e. The molecule has 0 radical (unpaired) electrons. The number of aromatic hydroxyl groups is 1.